The van der Waals surface area contributed by atoms with Crippen LogP contribution in [0.4, 0.5) is 0 Å². The summed E-state index contributed by atoms with van der Waals surface area (Å²) < 4.78 is 2.01. The second kappa shape index (κ2) is 6.19. The summed E-state index contributed by atoms with van der Waals surface area (Å²) >= 11 is 0. The Morgan fingerprint density at radius 3 is 2.30 bits per heavy atom. The maximum Gasteiger partial charge on any atom is 0.253 e. The van der Waals surface area contributed by atoms with Crippen molar-refractivity contribution in [1.82, 2.24) is 14.7 Å². The lowest BCUT2D eigenvalue weighted by Crippen LogP contribution is -2.39. The van der Waals surface area contributed by atoms with Crippen LogP contribution in [0.25, 0.3) is 0 Å². The Morgan fingerprint density at radius 1 is 1.13 bits per heavy atom. The Balaban J connectivity index is 1.63. The number of hydrogen-bond acceptors (Lipinski definition) is 2. The molecule has 2 heterocycles. The van der Waals surface area contributed by atoms with Gasteiger partial charge in [0, 0.05) is 31.0 Å². The molecule has 1 aliphatic heterocycles. The van der Waals surface area contributed by atoms with Crippen LogP contribution in [0, 0.1) is 0 Å². The Morgan fingerprint density at radius 2 is 1.78 bits per heavy atom. The van der Waals surface area contributed by atoms with Gasteiger partial charge < -0.3 is 4.90 Å². The molecule has 1 aromatic carbocycles. The molecule has 0 saturated carbocycles. The first-order chi connectivity index (χ1) is 10.9. The van der Waals surface area contributed by atoms with E-state index in [0.717, 1.165) is 31.5 Å². The first-order valence-corrected chi connectivity index (χ1v) is 8.34. The molecule has 4 nitrogen and oxygen atoms in total. The zero-order chi connectivity index (χ0) is 16.4. The zero-order valence-electron chi connectivity index (χ0n) is 14.2. The molecule has 1 aromatic heterocycles. The number of piperidine rings is 1. The van der Waals surface area contributed by atoms with E-state index in [1.807, 2.05) is 40.2 Å². The van der Waals surface area contributed by atoms with Crippen LogP contribution in [0.3, 0.4) is 0 Å². The van der Waals surface area contributed by atoms with Crippen molar-refractivity contribution < 1.29 is 4.79 Å². The van der Waals surface area contributed by atoms with Crippen molar-refractivity contribution >= 4 is 5.91 Å². The maximum absolute atomic E-state index is 12.7. The summed E-state index contributed by atoms with van der Waals surface area (Å²) in [6.07, 6.45) is 5.75. The van der Waals surface area contributed by atoms with Gasteiger partial charge >= 0.3 is 0 Å². The highest BCUT2D eigenvalue weighted by atomic mass is 16.2. The molecule has 1 aliphatic rings. The fourth-order valence-corrected chi connectivity index (χ4v) is 3.13. The number of benzene rings is 1. The topological polar surface area (TPSA) is 38.1 Å². The number of aromatic nitrogens is 2. The Bertz CT molecular complexity index is 645. The van der Waals surface area contributed by atoms with E-state index >= 15 is 0 Å². The van der Waals surface area contributed by atoms with Gasteiger partial charge in [0.2, 0.25) is 0 Å². The lowest BCUT2D eigenvalue weighted by atomic mass is 9.86. The average Bonchev–Trinajstić information content (AvgIpc) is 3.08. The predicted octanol–water partition coefficient (Wildman–Crippen LogP) is 3.66. The summed E-state index contributed by atoms with van der Waals surface area (Å²) in [6.45, 7) is 8.15. The Hall–Kier alpha value is -2.10. The van der Waals surface area contributed by atoms with Crippen LogP contribution in [0.5, 0.6) is 0 Å². The predicted molar refractivity (Wildman–Crippen MR) is 91.5 cm³/mol. The fourth-order valence-electron chi connectivity index (χ4n) is 3.13. The van der Waals surface area contributed by atoms with Gasteiger partial charge in [0.1, 0.15) is 0 Å². The molecule has 1 amide bonds. The smallest absolute Gasteiger partial charge is 0.253 e. The van der Waals surface area contributed by atoms with Crippen LogP contribution >= 0.6 is 0 Å². The van der Waals surface area contributed by atoms with Crippen molar-refractivity contribution in [2.45, 2.75) is 45.1 Å². The first kappa shape index (κ1) is 15.8. The summed E-state index contributed by atoms with van der Waals surface area (Å²) in [4.78, 5) is 14.6. The third kappa shape index (κ3) is 3.46. The van der Waals surface area contributed by atoms with Crippen molar-refractivity contribution in [2.75, 3.05) is 13.1 Å². The highest BCUT2D eigenvalue weighted by molar-refractivity contribution is 5.94. The van der Waals surface area contributed by atoms with Gasteiger partial charge in [0.25, 0.3) is 5.91 Å². The molecule has 1 saturated heterocycles. The molecule has 0 spiro atoms. The highest BCUT2D eigenvalue weighted by Gasteiger charge is 2.25. The van der Waals surface area contributed by atoms with E-state index in [9.17, 15) is 4.79 Å². The number of nitrogens with zero attached hydrogens (tertiary/aromatic N) is 3. The van der Waals surface area contributed by atoms with E-state index in [0.29, 0.717) is 6.04 Å². The van der Waals surface area contributed by atoms with E-state index in [4.69, 9.17) is 0 Å². The average molecular weight is 311 g/mol. The van der Waals surface area contributed by atoms with E-state index in [1.54, 1.807) is 0 Å². The van der Waals surface area contributed by atoms with E-state index < -0.39 is 0 Å². The SMILES string of the molecule is CC(C)(C)c1ccc(C(=O)N2CCC(n3cccn3)CC2)cc1. The lowest BCUT2D eigenvalue weighted by Gasteiger charge is -2.32. The first-order valence-electron chi connectivity index (χ1n) is 8.34. The summed E-state index contributed by atoms with van der Waals surface area (Å²) in [5.74, 6) is 0.143. The molecule has 4 heteroatoms. The molecule has 0 bridgehead atoms. The van der Waals surface area contributed by atoms with Gasteiger partial charge in [-0.1, -0.05) is 32.9 Å². The molecule has 23 heavy (non-hydrogen) atoms. The van der Waals surface area contributed by atoms with Crippen molar-refractivity contribution in [3.63, 3.8) is 0 Å². The van der Waals surface area contributed by atoms with Gasteiger partial charge in [-0.15, -0.1) is 0 Å². The third-order valence-corrected chi connectivity index (χ3v) is 4.65. The van der Waals surface area contributed by atoms with Gasteiger partial charge in [0.15, 0.2) is 0 Å². The standard InChI is InChI=1S/C19H25N3O/c1-19(2,3)16-7-5-15(6-8-16)18(23)21-13-9-17(10-14-21)22-12-4-11-20-22/h4-8,11-12,17H,9-10,13-14H2,1-3H3. The summed E-state index contributed by atoms with van der Waals surface area (Å²) in [7, 11) is 0. The molecule has 3 rings (SSSR count). The molecule has 0 radical (unpaired) electrons. The van der Waals surface area contributed by atoms with Crippen LogP contribution in [0.1, 0.15) is 55.6 Å². The summed E-state index contributed by atoms with van der Waals surface area (Å²) in [5, 5.41) is 4.31. The van der Waals surface area contributed by atoms with Gasteiger partial charge in [0.05, 0.1) is 6.04 Å². The van der Waals surface area contributed by atoms with Gasteiger partial charge in [-0.3, -0.25) is 9.48 Å². The number of carbonyl (C=O) groups is 1. The van der Waals surface area contributed by atoms with Crippen molar-refractivity contribution in [2.24, 2.45) is 0 Å². The van der Waals surface area contributed by atoms with Crippen LogP contribution in [-0.4, -0.2) is 33.7 Å². The van der Waals surface area contributed by atoms with E-state index in [-0.39, 0.29) is 11.3 Å². The zero-order valence-corrected chi connectivity index (χ0v) is 14.2. The van der Waals surface area contributed by atoms with Crippen LogP contribution < -0.4 is 0 Å². The van der Waals surface area contributed by atoms with Gasteiger partial charge in [-0.2, -0.15) is 5.10 Å². The lowest BCUT2D eigenvalue weighted by molar-refractivity contribution is 0.0690. The molecule has 2 aromatic rings. The minimum absolute atomic E-state index is 0.115. The second-order valence-electron chi connectivity index (χ2n) is 7.34. The van der Waals surface area contributed by atoms with Crippen LogP contribution in [0.15, 0.2) is 42.7 Å². The molecule has 0 atom stereocenters. The highest BCUT2D eigenvalue weighted by Crippen LogP contribution is 2.25. The molecular weight excluding hydrogens is 286 g/mol. The number of rotatable bonds is 2. The normalized spacial score (nSPS) is 16.6. The molecule has 0 N–H and O–H groups in total. The minimum atomic E-state index is 0.115. The fraction of sp³-hybridized carbons (Fsp3) is 0.474. The molecular formula is C19H25N3O. The molecule has 122 valence electrons. The molecule has 1 fully saturated rings. The molecule has 0 aliphatic carbocycles. The number of carbonyl (C=O) groups excluding carboxylic acids is 1. The number of likely N-dealkylation sites (tertiary alicyclic amines) is 1. The van der Waals surface area contributed by atoms with Crippen LogP contribution in [-0.2, 0) is 5.41 Å². The Labute approximate surface area is 138 Å². The number of hydrogen-bond donors (Lipinski definition) is 0. The monoisotopic (exact) mass is 311 g/mol. The third-order valence-electron chi connectivity index (χ3n) is 4.65. The Kier molecular flexibility index (Phi) is 4.24. The van der Waals surface area contributed by atoms with Gasteiger partial charge in [-0.25, -0.2) is 0 Å². The van der Waals surface area contributed by atoms with E-state index in [2.05, 4.69) is 38.0 Å². The summed E-state index contributed by atoms with van der Waals surface area (Å²) in [6, 6.07) is 10.4. The van der Waals surface area contributed by atoms with E-state index in [1.165, 1.54) is 5.56 Å². The van der Waals surface area contributed by atoms with Gasteiger partial charge in [-0.05, 0) is 42.0 Å². The summed E-state index contributed by atoms with van der Waals surface area (Å²) in [5.41, 5.74) is 2.16. The van der Waals surface area contributed by atoms with Crippen molar-refractivity contribution in [3.8, 4) is 0 Å². The van der Waals surface area contributed by atoms with Crippen LogP contribution in [0.2, 0.25) is 0 Å². The van der Waals surface area contributed by atoms with Crippen molar-refractivity contribution in [3.05, 3.63) is 53.9 Å². The largest absolute Gasteiger partial charge is 0.338 e. The minimum Gasteiger partial charge on any atom is -0.338 e. The second-order valence-corrected chi connectivity index (χ2v) is 7.34. The van der Waals surface area contributed by atoms with Crippen molar-refractivity contribution in [1.29, 1.82) is 0 Å². The number of amides is 1. The molecule has 0 unspecified atom stereocenters. The maximum atomic E-state index is 12.7. The quantitative estimate of drug-likeness (QED) is 0.849.